The second-order valence-corrected chi connectivity index (χ2v) is 6.31. The van der Waals surface area contributed by atoms with Gasteiger partial charge in [-0.3, -0.25) is 9.59 Å². The number of hydrogen-bond donors (Lipinski definition) is 3. The van der Waals surface area contributed by atoms with Crippen molar-refractivity contribution in [2.45, 2.75) is 6.92 Å². The lowest BCUT2D eigenvalue weighted by atomic mass is 10.1. The average molecular weight is 351 g/mol. The molecule has 3 rings (SSSR count). The fourth-order valence-corrected chi connectivity index (χ4v) is 3.04. The minimum atomic E-state index is -0.261. The third-order valence-corrected chi connectivity index (χ3v) is 4.31. The Labute approximate surface area is 149 Å². The minimum Gasteiger partial charge on any atom is -0.397 e. The van der Waals surface area contributed by atoms with Gasteiger partial charge >= 0.3 is 0 Å². The molecule has 1 heterocycles. The van der Waals surface area contributed by atoms with E-state index in [1.54, 1.807) is 41.7 Å². The van der Waals surface area contributed by atoms with Crippen LogP contribution in [0, 0.1) is 0 Å². The van der Waals surface area contributed by atoms with Crippen molar-refractivity contribution in [3.8, 4) is 11.1 Å². The zero-order chi connectivity index (χ0) is 17.8. The molecule has 2 amide bonds. The Kier molecular flexibility index (Phi) is 4.81. The van der Waals surface area contributed by atoms with Gasteiger partial charge in [-0.1, -0.05) is 6.07 Å². The van der Waals surface area contributed by atoms with Gasteiger partial charge in [-0.05, 0) is 64.4 Å². The topological polar surface area (TPSA) is 84.2 Å². The maximum absolute atomic E-state index is 12.4. The molecule has 0 aliphatic heterocycles. The molecule has 0 aliphatic carbocycles. The van der Waals surface area contributed by atoms with E-state index in [-0.39, 0.29) is 11.8 Å². The Morgan fingerprint density at radius 1 is 0.960 bits per heavy atom. The molecule has 0 radical (unpaired) electrons. The predicted molar refractivity (Wildman–Crippen MR) is 103 cm³/mol. The molecule has 126 valence electrons. The normalized spacial score (nSPS) is 10.3. The van der Waals surface area contributed by atoms with E-state index in [4.69, 9.17) is 5.73 Å². The lowest BCUT2D eigenvalue weighted by Gasteiger charge is -2.10. The van der Waals surface area contributed by atoms with Crippen molar-refractivity contribution in [3.05, 3.63) is 64.9 Å². The van der Waals surface area contributed by atoms with E-state index in [0.29, 0.717) is 22.6 Å². The molecule has 6 heteroatoms. The molecule has 5 nitrogen and oxygen atoms in total. The molecule has 0 saturated carbocycles. The van der Waals surface area contributed by atoms with Gasteiger partial charge < -0.3 is 16.4 Å². The van der Waals surface area contributed by atoms with E-state index in [2.05, 4.69) is 10.6 Å². The van der Waals surface area contributed by atoms with Gasteiger partial charge in [0, 0.05) is 18.2 Å². The maximum atomic E-state index is 12.4. The summed E-state index contributed by atoms with van der Waals surface area (Å²) in [7, 11) is 0. The number of rotatable bonds is 4. The number of carbonyl (C=O) groups excluding carboxylic acids is 2. The fraction of sp³-hybridized carbons (Fsp3) is 0.0526. The van der Waals surface area contributed by atoms with Crippen molar-refractivity contribution < 1.29 is 9.59 Å². The first-order chi connectivity index (χ1) is 12.0. The molecular formula is C19H17N3O2S. The number of carbonyl (C=O) groups is 2. The highest BCUT2D eigenvalue weighted by molar-refractivity contribution is 7.08. The molecule has 0 unspecified atom stereocenters. The van der Waals surface area contributed by atoms with Gasteiger partial charge in [0.2, 0.25) is 5.91 Å². The molecule has 25 heavy (non-hydrogen) atoms. The smallest absolute Gasteiger partial charge is 0.255 e. The van der Waals surface area contributed by atoms with Crippen molar-refractivity contribution in [2.24, 2.45) is 0 Å². The number of amides is 2. The van der Waals surface area contributed by atoms with Crippen LogP contribution in [-0.4, -0.2) is 11.8 Å². The van der Waals surface area contributed by atoms with E-state index < -0.39 is 0 Å². The predicted octanol–water partition coefficient (Wildman–Crippen LogP) is 4.21. The number of nitrogens with two attached hydrogens (primary N) is 1. The quantitative estimate of drug-likeness (QED) is 0.616. The van der Waals surface area contributed by atoms with Crippen molar-refractivity contribution >= 4 is 40.2 Å². The van der Waals surface area contributed by atoms with Crippen LogP contribution >= 0.6 is 11.3 Å². The number of hydrogen-bond acceptors (Lipinski definition) is 4. The van der Waals surface area contributed by atoms with Gasteiger partial charge in [0.05, 0.1) is 11.4 Å². The molecule has 4 N–H and O–H groups in total. The molecule has 0 saturated heterocycles. The Balaban J connectivity index is 1.78. The number of benzene rings is 2. The first-order valence-electron chi connectivity index (χ1n) is 7.64. The fourth-order valence-electron chi connectivity index (χ4n) is 2.38. The summed E-state index contributed by atoms with van der Waals surface area (Å²) in [6.45, 7) is 1.43. The van der Waals surface area contributed by atoms with Gasteiger partial charge in [-0.15, -0.1) is 0 Å². The largest absolute Gasteiger partial charge is 0.397 e. The van der Waals surface area contributed by atoms with Gasteiger partial charge in [-0.25, -0.2) is 0 Å². The summed E-state index contributed by atoms with van der Waals surface area (Å²) in [5, 5.41) is 9.54. The summed E-state index contributed by atoms with van der Waals surface area (Å²) in [4.78, 5) is 23.5. The van der Waals surface area contributed by atoms with Crippen LogP contribution in [0.15, 0.2) is 59.3 Å². The van der Waals surface area contributed by atoms with Gasteiger partial charge in [-0.2, -0.15) is 11.3 Å². The summed E-state index contributed by atoms with van der Waals surface area (Å²) in [5.74, 6) is -0.418. The molecule has 0 aliphatic rings. The van der Waals surface area contributed by atoms with Crippen molar-refractivity contribution in [2.75, 3.05) is 16.4 Å². The molecule has 0 bridgehead atoms. The number of nitrogens with one attached hydrogen (secondary N) is 2. The van der Waals surface area contributed by atoms with Crippen LogP contribution in [0.1, 0.15) is 17.3 Å². The Morgan fingerprint density at radius 3 is 2.36 bits per heavy atom. The van der Waals surface area contributed by atoms with Crippen LogP contribution in [0.25, 0.3) is 11.1 Å². The van der Waals surface area contributed by atoms with Crippen LogP contribution in [0.5, 0.6) is 0 Å². The number of anilines is 3. The van der Waals surface area contributed by atoms with Gasteiger partial charge in [0.1, 0.15) is 0 Å². The van der Waals surface area contributed by atoms with Crippen molar-refractivity contribution in [3.63, 3.8) is 0 Å². The first-order valence-corrected chi connectivity index (χ1v) is 8.58. The molecule has 1 aromatic heterocycles. The minimum absolute atomic E-state index is 0.157. The lowest BCUT2D eigenvalue weighted by Crippen LogP contribution is -2.13. The average Bonchev–Trinajstić information content (AvgIpc) is 3.11. The zero-order valence-electron chi connectivity index (χ0n) is 13.6. The third-order valence-electron chi connectivity index (χ3n) is 3.62. The van der Waals surface area contributed by atoms with E-state index in [0.717, 1.165) is 11.1 Å². The second kappa shape index (κ2) is 7.19. The SMILES string of the molecule is CC(=O)Nc1ccc(C(=O)Nc2cc(-c3ccsc3)ccc2N)cc1. The van der Waals surface area contributed by atoms with E-state index in [1.807, 2.05) is 29.0 Å². The summed E-state index contributed by atoms with van der Waals surface area (Å²) in [5.41, 5.74) is 10.3. The zero-order valence-corrected chi connectivity index (χ0v) is 14.4. The highest BCUT2D eigenvalue weighted by Crippen LogP contribution is 2.29. The molecule has 3 aromatic rings. The van der Waals surface area contributed by atoms with Crippen LogP contribution in [0.3, 0.4) is 0 Å². The third kappa shape index (κ3) is 4.05. The summed E-state index contributed by atoms with van der Waals surface area (Å²) < 4.78 is 0. The molecule has 0 fully saturated rings. The van der Waals surface area contributed by atoms with Crippen LogP contribution in [0.2, 0.25) is 0 Å². The van der Waals surface area contributed by atoms with Gasteiger partial charge in [0.25, 0.3) is 5.91 Å². The Hall–Kier alpha value is -3.12. The number of thiophene rings is 1. The maximum Gasteiger partial charge on any atom is 0.255 e. The van der Waals surface area contributed by atoms with Crippen molar-refractivity contribution in [1.82, 2.24) is 0 Å². The number of nitrogen functional groups attached to an aromatic ring is 1. The summed E-state index contributed by atoms with van der Waals surface area (Å²) >= 11 is 1.61. The molecule has 0 spiro atoms. The summed E-state index contributed by atoms with van der Waals surface area (Å²) in [6, 6.07) is 14.3. The van der Waals surface area contributed by atoms with E-state index in [1.165, 1.54) is 6.92 Å². The Bertz CT molecular complexity index is 903. The van der Waals surface area contributed by atoms with Crippen LogP contribution < -0.4 is 16.4 Å². The van der Waals surface area contributed by atoms with Crippen molar-refractivity contribution in [1.29, 1.82) is 0 Å². The highest BCUT2D eigenvalue weighted by atomic mass is 32.1. The first kappa shape index (κ1) is 16.7. The monoisotopic (exact) mass is 351 g/mol. The second-order valence-electron chi connectivity index (χ2n) is 5.53. The van der Waals surface area contributed by atoms with Gasteiger partial charge in [0.15, 0.2) is 0 Å². The van der Waals surface area contributed by atoms with E-state index >= 15 is 0 Å². The Morgan fingerprint density at radius 2 is 1.72 bits per heavy atom. The van der Waals surface area contributed by atoms with Crippen LogP contribution in [0.4, 0.5) is 17.1 Å². The van der Waals surface area contributed by atoms with E-state index in [9.17, 15) is 9.59 Å². The lowest BCUT2D eigenvalue weighted by molar-refractivity contribution is -0.114. The standard InChI is InChI=1S/C19H17N3O2S/c1-12(23)21-16-5-2-13(3-6-16)19(24)22-18-10-14(4-7-17(18)20)15-8-9-25-11-15/h2-11H,20H2,1H3,(H,21,23)(H,22,24). The van der Waals surface area contributed by atoms with Crippen LogP contribution in [-0.2, 0) is 4.79 Å². The molecular weight excluding hydrogens is 334 g/mol. The molecule has 0 atom stereocenters. The molecule has 2 aromatic carbocycles. The highest BCUT2D eigenvalue weighted by Gasteiger charge is 2.10. The summed E-state index contributed by atoms with van der Waals surface area (Å²) in [6.07, 6.45) is 0.